The normalized spacial score (nSPS) is 22.6. The first kappa shape index (κ1) is 26.5. The van der Waals surface area contributed by atoms with E-state index in [9.17, 15) is 26.3 Å². The fourth-order valence-corrected chi connectivity index (χ4v) is 4.79. The zero-order valence-electron chi connectivity index (χ0n) is 19.0. The lowest BCUT2D eigenvalue weighted by molar-refractivity contribution is -0.143. The van der Waals surface area contributed by atoms with E-state index in [0.717, 1.165) is 38.2 Å². The SMILES string of the molecule is CCN(CC)CCCNC(=S)N1CCC2NC=NC2C1c1cc(C(F)(F)F)cc(C(F)(F)F)c1. The molecule has 190 valence electrons. The van der Waals surface area contributed by atoms with Gasteiger partial charge >= 0.3 is 12.4 Å². The van der Waals surface area contributed by atoms with Gasteiger partial charge in [-0.25, -0.2) is 0 Å². The van der Waals surface area contributed by atoms with Crippen LogP contribution in [0.5, 0.6) is 0 Å². The molecule has 3 rings (SSSR count). The van der Waals surface area contributed by atoms with Crippen LogP contribution in [0.2, 0.25) is 0 Å². The molecule has 2 heterocycles. The van der Waals surface area contributed by atoms with E-state index in [1.54, 1.807) is 4.90 Å². The number of halogens is 6. The topological polar surface area (TPSA) is 42.9 Å². The van der Waals surface area contributed by atoms with E-state index in [2.05, 4.69) is 34.4 Å². The molecule has 0 aliphatic carbocycles. The second-order valence-electron chi connectivity index (χ2n) is 8.42. The Labute approximate surface area is 200 Å². The third-order valence-electron chi connectivity index (χ3n) is 6.32. The molecule has 1 aromatic carbocycles. The number of hydrogen-bond donors (Lipinski definition) is 2. The molecule has 3 atom stereocenters. The summed E-state index contributed by atoms with van der Waals surface area (Å²) in [6.07, 6.45) is -6.98. The zero-order valence-corrected chi connectivity index (χ0v) is 19.8. The molecule has 34 heavy (non-hydrogen) atoms. The van der Waals surface area contributed by atoms with Gasteiger partial charge in [0.15, 0.2) is 5.11 Å². The first-order chi connectivity index (χ1) is 16.0. The number of aliphatic imine (C=N–C) groups is 1. The number of likely N-dealkylation sites (tertiary alicyclic amines) is 1. The molecule has 5 nitrogen and oxygen atoms in total. The van der Waals surface area contributed by atoms with E-state index in [0.29, 0.717) is 24.6 Å². The summed E-state index contributed by atoms with van der Waals surface area (Å²) in [5.41, 5.74) is -2.79. The van der Waals surface area contributed by atoms with E-state index in [4.69, 9.17) is 12.2 Å². The highest BCUT2D eigenvalue weighted by Gasteiger charge is 2.44. The van der Waals surface area contributed by atoms with Gasteiger partial charge in [0.1, 0.15) is 0 Å². The number of hydrogen-bond acceptors (Lipinski definition) is 4. The van der Waals surface area contributed by atoms with Gasteiger partial charge in [-0.1, -0.05) is 13.8 Å². The Kier molecular flexibility index (Phi) is 8.33. The van der Waals surface area contributed by atoms with Crippen molar-refractivity contribution >= 4 is 23.7 Å². The Hall–Kier alpha value is -2.08. The number of thiocarbonyl (C=S) groups is 1. The fourth-order valence-electron chi connectivity index (χ4n) is 4.48. The van der Waals surface area contributed by atoms with Gasteiger partial charge < -0.3 is 20.4 Å². The van der Waals surface area contributed by atoms with Crippen LogP contribution in [0.15, 0.2) is 23.2 Å². The Morgan fingerprint density at radius 3 is 2.29 bits per heavy atom. The van der Waals surface area contributed by atoms with E-state index >= 15 is 0 Å². The molecule has 0 amide bonds. The highest BCUT2D eigenvalue weighted by Crippen LogP contribution is 2.41. The lowest BCUT2D eigenvalue weighted by Gasteiger charge is -2.43. The summed E-state index contributed by atoms with van der Waals surface area (Å²) in [7, 11) is 0. The monoisotopic (exact) mass is 509 g/mol. The quantitative estimate of drug-likeness (QED) is 0.323. The molecule has 12 heteroatoms. The molecule has 2 aliphatic rings. The summed E-state index contributed by atoms with van der Waals surface area (Å²) in [4.78, 5) is 8.26. The number of benzene rings is 1. The summed E-state index contributed by atoms with van der Waals surface area (Å²) in [6, 6.07) is 0.104. The van der Waals surface area contributed by atoms with Crippen LogP contribution in [0.4, 0.5) is 26.3 Å². The predicted octanol–water partition coefficient (Wildman–Crippen LogP) is 4.45. The molecule has 0 aromatic heterocycles. The van der Waals surface area contributed by atoms with Crippen LogP contribution >= 0.6 is 12.2 Å². The largest absolute Gasteiger partial charge is 0.416 e. The highest BCUT2D eigenvalue weighted by atomic mass is 32.1. The lowest BCUT2D eigenvalue weighted by Crippen LogP contribution is -2.54. The number of piperidine rings is 1. The standard InChI is InChI=1S/C22H29F6N5S/c1-3-32(4-2)8-5-7-29-20(34)33-9-6-17-18(31-13-30-17)19(33)14-10-15(21(23,24)25)12-16(11-14)22(26,27)28/h10-13,17-19H,3-9H2,1-2H3,(H,29,34)(H,30,31). The van der Waals surface area contributed by atoms with Gasteiger partial charge in [-0.05, 0) is 68.5 Å². The molecule has 1 fully saturated rings. The summed E-state index contributed by atoms with van der Waals surface area (Å²) in [5.74, 6) is 0. The van der Waals surface area contributed by atoms with Crippen molar-refractivity contribution in [2.45, 2.75) is 57.2 Å². The van der Waals surface area contributed by atoms with Gasteiger partial charge in [0.05, 0.1) is 35.6 Å². The Morgan fingerprint density at radius 1 is 1.12 bits per heavy atom. The maximum atomic E-state index is 13.5. The van der Waals surface area contributed by atoms with Crippen molar-refractivity contribution in [3.8, 4) is 0 Å². The van der Waals surface area contributed by atoms with Crippen LogP contribution in [0, 0.1) is 0 Å². The van der Waals surface area contributed by atoms with Crippen molar-refractivity contribution in [2.75, 3.05) is 32.7 Å². The fraction of sp³-hybridized carbons (Fsp3) is 0.636. The average Bonchev–Trinajstić information content (AvgIpc) is 3.25. The van der Waals surface area contributed by atoms with E-state index in [1.165, 1.54) is 6.34 Å². The Balaban J connectivity index is 1.89. The summed E-state index contributed by atoms with van der Waals surface area (Å²) in [5, 5.41) is 6.49. The molecule has 1 aromatic rings. The van der Waals surface area contributed by atoms with Gasteiger partial charge in [-0.3, -0.25) is 4.99 Å². The van der Waals surface area contributed by atoms with E-state index in [1.807, 2.05) is 0 Å². The van der Waals surface area contributed by atoms with Crippen molar-refractivity contribution in [2.24, 2.45) is 4.99 Å². The molecular weight excluding hydrogens is 480 g/mol. The van der Waals surface area contributed by atoms with Gasteiger partial charge in [-0.2, -0.15) is 26.3 Å². The van der Waals surface area contributed by atoms with Crippen LogP contribution < -0.4 is 10.6 Å². The molecule has 0 radical (unpaired) electrons. The molecule has 2 aliphatic heterocycles. The number of nitrogens with one attached hydrogen (secondary N) is 2. The van der Waals surface area contributed by atoms with Crippen LogP contribution in [0.25, 0.3) is 0 Å². The van der Waals surface area contributed by atoms with Crippen molar-refractivity contribution in [3.63, 3.8) is 0 Å². The third kappa shape index (κ3) is 6.12. The number of alkyl halides is 6. The number of rotatable bonds is 7. The second-order valence-corrected chi connectivity index (χ2v) is 8.81. The first-order valence-corrected chi connectivity index (χ1v) is 11.7. The van der Waals surface area contributed by atoms with E-state index < -0.39 is 35.6 Å². The summed E-state index contributed by atoms with van der Waals surface area (Å²) < 4.78 is 80.9. The molecular formula is C22H29F6N5S. The molecule has 0 bridgehead atoms. The maximum Gasteiger partial charge on any atom is 0.416 e. The Bertz CT molecular complexity index is 851. The minimum absolute atomic E-state index is 0.106. The molecule has 0 saturated carbocycles. The second kappa shape index (κ2) is 10.7. The number of nitrogens with zero attached hydrogens (tertiary/aromatic N) is 3. The average molecular weight is 510 g/mol. The van der Waals surface area contributed by atoms with E-state index in [-0.39, 0.29) is 17.7 Å². The van der Waals surface area contributed by atoms with Crippen molar-refractivity contribution < 1.29 is 26.3 Å². The van der Waals surface area contributed by atoms with Crippen LogP contribution in [0.1, 0.15) is 49.4 Å². The van der Waals surface area contributed by atoms with Crippen LogP contribution in [-0.2, 0) is 12.4 Å². The first-order valence-electron chi connectivity index (χ1n) is 11.3. The number of fused-ring (bicyclic) bond motifs is 1. The van der Waals surface area contributed by atoms with Crippen molar-refractivity contribution in [3.05, 3.63) is 34.9 Å². The van der Waals surface area contributed by atoms with Gasteiger partial charge in [-0.15, -0.1) is 0 Å². The van der Waals surface area contributed by atoms with Gasteiger partial charge in [0.25, 0.3) is 0 Å². The molecule has 0 spiro atoms. The maximum absolute atomic E-state index is 13.5. The summed E-state index contributed by atoms with van der Waals surface area (Å²) in [6.45, 7) is 7.74. The lowest BCUT2D eigenvalue weighted by atomic mass is 9.86. The van der Waals surface area contributed by atoms with Crippen LogP contribution in [0.3, 0.4) is 0 Å². The molecule has 3 unspecified atom stereocenters. The van der Waals surface area contributed by atoms with Gasteiger partial charge in [0.2, 0.25) is 0 Å². The third-order valence-corrected chi connectivity index (χ3v) is 6.70. The smallest absolute Gasteiger partial charge is 0.371 e. The predicted molar refractivity (Wildman–Crippen MR) is 123 cm³/mol. The molecule has 1 saturated heterocycles. The minimum atomic E-state index is -4.92. The molecule has 2 N–H and O–H groups in total. The Morgan fingerprint density at radius 2 is 1.74 bits per heavy atom. The van der Waals surface area contributed by atoms with Crippen molar-refractivity contribution in [1.82, 2.24) is 20.4 Å². The summed E-state index contributed by atoms with van der Waals surface area (Å²) >= 11 is 5.54. The van der Waals surface area contributed by atoms with Crippen LogP contribution in [-0.4, -0.2) is 66.1 Å². The van der Waals surface area contributed by atoms with Crippen molar-refractivity contribution in [1.29, 1.82) is 0 Å². The minimum Gasteiger partial charge on any atom is -0.371 e. The zero-order chi connectivity index (χ0) is 25.1. The highest BCUT2D eigenvalue weighted by molar-refractivity contribution is 7.80. The van der Waals surface area contributed by atoms with Gasteiger partial charge in [0, 0.05) is 13.1 Å².